The predicted octanol–water partition coefficient (Wildman–Crippen LogP) is 1.14. The molecule has 0 aromatic rings. The van der Waals surface area contributed by atoms with E-state index in [0.717, 1.165) is 18.6 Å². The molecule has 0 saturated heterocycles. The number of esters is 1. The molecule has 0 aromatic heterocycles. The fourth-order valence-corrected chi connectivity index (χ4v) is 2.01. The van der Waals surface area contributed by atoms with Crippen LogP contribution < -0.4 is 5.73 Å². The van der Waals surface area contributed by atoms with Crippen LogP contribution in [0, 0.1) is 0 Å². The molecule has 0 fully saturated rings. The van der Waals surface area contributed by atoms with Crippen molar-refractivity contribution >= 4 is 28.6 Å². The maximum Gasteiger partial charge on any atom is 0.325 e. The first kappa shape index (κ1) is 12.0. The van der Waals surface area contributed by atoms with E-state index in [1.54, 1.807) is 6.92 Å². The van der Waals surface area contributed by atoms with E-state index < -0.39 is 5.25 Å². The van der Waals surface area contributed by atoms with E-state index in [9.17, 15) is 4.79 Å². The number of amidine groups is 1. The van der Waals surface area contributed by atoms with Gasteiger partial charge in [0, 0.05) is 0 Å². The van der Waals surface area contributed by atoms with Gasteiger partial charge in [0.25, 0.3) is 0 Å². The van der Waals surface area contributed by atoms with Crippen LogP contribution in [0.2, 0.25) is 0 Å². The molecule has 1 unspecified atom stereocenters. The van der Waals surface area contributed by atoms with E-state index in [-0.39, 0.29) is 5.97 Å². The zero-order chi connectivity index (χ0) is 11.3. The molecule has 0 aliphatic carbocycles. The number of thioether (sulfide) groups is 1. The lowest BCUT2D eigenvalue weighted by Gasteiger charge is -2.18. The zero-order valence-corrected chi connectivity index (χ0v) is 9.71. The zero-order valence-electron chi connectivity index (χ0n) is 8.90. The van der Waals surface area contributed by atoms with Crippen LogP contribution in [-0.4, -0.2) is 28.7 Å². The number of rotatable bonds is 4. The smallest absolute Gasteiger partial charge is 0.325 e. The molecular weight excluding hydrogens is 214 g/mol. The van der Waals surface area contributed by atoms with E-state index in [0.29, 0.717) is 11.8 Å². The first-order valence-electron chi connectivity index (χ1n) is 4.92. The van der Waals surface area contributed by atoms with Gasteiger partial charge in [-0.05, 0) is 13.3 Å². The molecular formula is C9H15N3O2S. The van der Waals surface area contributed by atoms with Crippen molar-refractivity contribution in [1.82, 2.24) is 0 Å². The summed E-state index contributed by atoms with van der Waals surface area (Å²) < 4.78 is 4.96. The summed E-state index contributed by atoms with van der Waals surface area (Å²) in [5, 5.41) is 7.60. The highest BCUT2D eigenvalue weighted by Crippen LogP contribution is 2.21. The van der Waals surface area contributed by atoms with Gasteiger partial charge in [-0.1, -0.05) is 25.1 Å². The van der Waals surface area contributed by atoms with E-state index in [2.05, 4.69) is 10.2 Å². The highest BCUT2D eigenvalue weighted by molar-refractivity contribution is 8.15. The van der Waals surface area contributed by atoms with Gasteiger partial charge in [0.15, 0.2) is 5.17 Å². The summed E-state index contributed by atoms with van der Waals surface area (Å²) >= 11 is 1.20. The van der Waals surface area contributed by atoms with Crippen molar-refractivity contribution in [3.63, 3.8) is 0 Å². The summed E-state index contributed by atoms with van der Waals surface area (Å²) in [5.41, 5.74) is 6.26. The molecule has 0 amide bonds. The van der Waals surface area contributed by atoms with Crippen molar-refractivity contribution in [1.29, 1.82) is 0 Å². The second kappa shape index (κ2) is 5.75. The fourth-order valence-electron chi connectivity index (χ4n) is 1.22. The monoisotopic (exact) mass is 229 g/mol. The molecule has 0 aromatic carbocycles. The van der Waals surface area contributed by atoms with Crippen LogP contribution in [-0.2, 0) is 9.53 Å². The Morgan fingerprint density at radius 2 is 2.27 bits per heavy atom. The van der Waals surface area contributed by atoms with Gasteiger partial charge in [0.05, 0.1) is 12.3 Å². The molecule has 84 valence electrons. The molecule has 1 rings (SSSR count). The molecule has 1 aliphatic heterocycles. The van der Waals surface area contributed by atoms with Crippen LogP contribution in [0.25, 0.3) is 0 Å². The van der Waals surface area contributed by atoms with Gasteiger partial charge in [-0.25, -0.2) is 0 Å². The fraction of sp³-hybridized carbons (Fsp3) is 0.667. The van der Waals surface area contributed by atoms with E-state index in [4.69, 9.17) is 10.5 Å². The molecule has 5 nitrogen and oxygen atoms in total. The Labute approximate surface area is 93.2 Å². The third-order valence-corrected chi connectivity index (χ3v) is 2.85. The normalized spacial score (nSPS) is 20.5. The average molecular weight is 229 g/mol. The SMILES string of the molecule is CCCC1=NN=C(N)SC1C(=O)OCC. The van der Waals surface area contributed by atoms with Crippen LogP contribution in [0.3, 0.4) is 0 Å². The molecule has 0 saturated carbocycles. The minimum Gasteiger partial charge on any atom is -0.465 e. The maximum absolute atomic E-state index is 11.6. The standard InChI is InChI=1S/C9H15N3O2S/c1-3-5-6-7(8(13)14-4-2)15-9(10)12-11-6/h7H,3-5H2,1-2H3,(H2,10,12). The number of hydrogen-bond donors (Lipinski definition) is 1. The van der Waals surface area contributed by atoms with Gasteiger partial charge in [-0.3, -0.25) is 4.79 Å². The molecule has 0 radical (unpaired) electrons. The van der Waals surface area contributed by atoms with E-state index in [1.165, 1.54) is 11.8 Å². The summed E-state index contributed by atoms with van der Waals surface area (Å²) in [4.78, 5) is 11.6. The largest absolute Gasteiger partial charge is 0.465 e. The van der Waals surface area contributed by atoms with Gasteiger partial charge in [0.1, 0.15) is 5.25 Å². The lowest BCUT2D eigenvalue weighted by molar-refractivity contribution is -0.141. The number of carbonyl (C=O) groups excluding carboxylic acids is 1. The van der Waals surface area contributed by atoms with Crippen LogP contribution in [0.1, 0.15) is 26.7 Å². The van der Waals surface area contributed by atoms with Gasteiger partial charge in [0.2, 0.25) is 0 Å². The molecule has 15 heavy (non-hydrogen) atoms. The summed E-state index contributed by atoms with van der Waals surface area (Å²) in [6.45, 7) is 4.17. The highest BCUT2D eigenvalue weighted by Gasteiger charge is 2.29. The Hall–Kier alpha value is -1.04. The minimum atomic E-state index is -0.414. The Bertz CT molecular complexity index is 302. The molecule has 1 heterocycles. The highest BCUT2D eigenvalue weighted by atomic mass is 32.2. The number of ether oxygens (including phenoxy) is 1. The Morgan fingerprint density at radius 1 is 1.53 bits per heavy atom. The number of nitrogens with zero attached hydrogens (tertiary/aromatic N) is 2. The molecule has 0 bridgehead atoms. The number of carbonyl (C=O) groups is 1. The first-order valence-corrected chi connectivity index (χ1v) is 5.80. The topological polar surface area (TPSA) is 77.0 Å². The van der Waals surface area contributed by atoms with Crippen molar-refractivity contribution in [2.45, 2.75) is 31.9 Å². The molecule has 0 spiro atoms. The lowest BCUT2D eigenvalue weighted by atomic mass is 10.1. The van der Waals surface area contributed by atoms with Crippen molar-refractivity contribution in [3.8, 4) is 0 Å². The molecule has 6 heteroatoms. The number of hydrogen-bond acceptors (Lipinski definition) is 6. The second-order valence-corrected chi connectivity index (χ2v) is 4.15. The van der Waals surface area contributed by atoms with Crippen molar-refractivity contribution in [3.05, 3.63) is 0 Å². The summed E-state index contributed by atoms with van der Waals surface area (Å²) in [7, 11) is 0. The van der Waals surface area contributed by atoms with E-state index in [1.807, 2.05) is 6.92 Å². The molecule has 1 atom stereocenters. The summed E-state index contributed by atoms with van der Waals surface area (Å²) in [6.07, 6.45) is 1.66. The second-order valence-electron chi connectivity index (χ2n) is 3.03. The quantitative estimate of drug-likeness (QED) is 0.733. The lowest BCUT2D eigenvalue weighted by Crippen LogP contribution is -2.33. The minimum absolute atomic E-state index is 0.285. The summed E-state index contributed by atoms with van der Waals surface area (Å²) in [5.74, 6) is -0.285. The molecule has 1 aliphatic rings. The van der Waals surface area contributed by atoms with Gasteiger partial charge in [-0.15, -0.1) is 5.10 Å². The third-order valence-electron chi connectivity index (χ3n) is 1.83. The number of nitrogens with two attached hydrogens (primary N) is 1. The van der Waals surface area contributed by atoms with Crippen molar-refractivity contribution in [2.24, 2.45) is 15.9 Å². The third kappa shape index (κ3) is 3.23. The van der Waals surface area contributed by atoms with Gasteiger partial charge >= 0.3 is 5.97 Å². The Kier molecular flexibility index (Phi) is 4.61. The van der Waals surface area contributed by atoms with Crippen LogP contribution >= 0.6 is 11.8 Å². The van der Waals surface area contributed by atoms with Crippen LogP contribution in [0.5, 0.6) is 0 Å². The Morgan fingerprint density at radius 3 is 2.87 bits per heavy atom. The predicted molar refractivity (Wildman–Crippen MR) is 62.0 cm³/mol. The van der Waals surface area contributed by atoms with E-state index >= 15 is 0 Å². The van der Waals surface area contributed by atoms with Gasteiger partial charge in [-0.2, -0.15) is 5.10 Å². The van der Waals surface area contributed by atoms with Crippen LogP contribution in [0.15, 0.2) is 10.2 Å². The van der Waals surface area contributed by atoms with Gasteiger partial charge < -0.3 is 10.5 Å². The van der Waals surface area contributed by atoms with Crippen LogP contribution in [0.4, 0.5) is 0 Å². The maximum atomic E-state index is 11.6. The summed E-state index contributed by atoms with van der Waals surface area (Å²) in [6, 6.07) is 0. The average Bonchev–Trinajstić information content (AvgIpc) is 2.21. The Balaban J connectivity index is 2.74. The van der Waals surface area contributed by atoms with Crippen molar-refractivity contribution < 1.29 is 9.53 Å². The molecule has 2 N–H and O–H groups in total. The van der Waals surface area contributed by atoms with Crippen molar-refractivity contribution in [2.75, 3.05) is 6.61 Å². The first-order chi connectivity index (χ1) is 7.19.